The fraction of sp³-hybridized carbons (Fsp3) is 0. The van der Waals surface area contributed by atoms with Crippen LogP contribution in [0.25, 0.3) is 43.4 Å². The zero-order valence-corrected chi connectivity index (χ0v) is 27.5. The lowest BCUT2D eigenvalue weighted by molar-refractivity contribution is 1.26. The lowest BCUT2D eigenvalue weighted by Gasteiger charge is -2.30. The van der Waals surface area contributed by atoms with Gasteiger partial charge >= 0.3 is 0 Å². The van der Waals surface area contributed by atoms with Crippen molar-refractivity contribution in [3.8, 4) is 11.1 Å². The van der Waals surface area contributed by atoms with Gasteiger partial charge in [0.2, 0.25) is 0 Å². The van der Waals surface area contributed by atoms with E-state index in [1.807, 2.05) is 0 Å². The van der Waals surface area contributed by atoms with Gasteiger partial charge in [-0.1, -0.05) is 133 Å². The number of para-hydroxylation sites is 1. The van der Waals surface area contributed by atoms with Crippen molar-refractivity contribution in [1.29, 1.82) is 0 Å². The molecular formula is C48H34N2. The van der Waals surface area contributed by atoms with Gasteiger partial charge in [0.15, 0.2) is 0 Å². The summed E-state index contributed by atoms with van der Waals surface area (Å²) in [5.74, 6) is 0. The van der Waals surface area contributed by atoms with E-state index in [1.165, 1.54) is 43.4 Å². The molecule has 0 aliphatic rings. The highest BCUT2D eigenvalue weighted by Gasteiger charge is 2.20. The molecule has 0 aromatic heterocycles. The Morgan fingerprint density at radius 1 is 0.240 bits per heavy atom. The number of anilines is 6. The van der Waals surface area contributed by atoms with E-state index >= 15 is 0 Å². The molecule has 2 heteroatoms. The van der Waals surface area contributed by atoms with Crippen LogP contribution in [0.1, 0.15) is 0 Å². The van der Waals surface area contributed by atoms with E-state index in [0.717, 1.165) is 34.1 Å². The molecule has 0 radical (unpaired) electrons. The molecule has 0 saturated carbocycles. The third-order valence-electron chi connectivity index (χ3n) is 9.55. The van der Waals surface area contributed by atoms with Gasteiger partial charge in [0, 0.05) is 34.0 Å². The quantitative estimate of drug-likeness (QED) is 0.171. The summed E-state index contributed by atoms with van der Waals surface area (Å²) < 4.78 is 0. The van der Waals surface area contributed by atoms with Crippen LogP contribution in [0.5, 0.6) is 0 Å². The maximum Gasteiger partial charge on any atom is 0.0546 e. The molecule has 50 heavy (non-hydrogen) atoms. The van der Waals surface area contributed by atoms with Crippen LogP contribution in [0.3, 0.4) is 0 Å². The van der Waals surface area contributed by atoms with Gasteiger partial charge in [0.1, 0.15) is 0 Å². The third-order valence-corrected chi connectivity index (χ3v) is 9.55. The van der Waals surface area contributed by atoms with E-state index in [-0.39, 0.29) is 0 Å². The fourth-order valence-corrected chi connectivity index (χ4v) is 7.10. The standard InChI is InChI=1S/C48H34N2/c1-3-15-37(16-4-1)47-33-40-19-11-12-20-41(40)34-48(47)50(46-26-24-36-14-8-10-18-39(36)32-46)44-29-27-43(28-30-44)49(42-21-5-2-6-22-42)45-25-23-35-13-7-9-17-38(35)31-45/h1-34H. The SMILES string of the molecule is c1ccc(-c2cc3ccccc3cc2N(c2ccc(N(c3ccccc3)c3ccc4ccccc4c3)cc2)c2ccc3ccccc3c2)cc1. The molecule has 9 aromatic rings. The molecule has 0 aliphatic carbocycles. The molecule has 0 unspecified atom stereocenters. The van der Waals surface area contributed by atoms with E-state index in [9.17, 15) is 0 Å². The Balaban J connectivity index is 1.23. The lowest BCUT2D eigenvalue weighted by atomic mass is 9.97. The summed E-state index contributed by atoms with van der Waals surface area (Å²) in [7, 11) is 0. The summed E-state index contributed by atoms with van der Waals surface area (Å²) in [5.41, 5.74) is 9.02. The van der Waals surface area contributed by atoms with E-state index in [1.54, 1.807) is 0 Å². The van der Waals surface area contributed by atoms with Crippen LogP contribution in [-0.4, -0.2) is 0 Å². The molecule has 236 valence electrons. The van der Waals surface area contributed by atoms with Crippen molar-refractivity contribution in [1.82, 2.24) is 0 Å². The van der Waals surface area contributed by atoms with Gasteiger partial charge in [-0.25, -0.2) is 0 Å². The van der Waals surface area contributed by atoms with Crippen LogP contribution in [-0.2, 0) is 0 Å². The Hall–Kier alpha value is -6.64. The first-order chi connectivity index (χ1) is 24.8. The Morgan fingerprint density at radius 3 is 1.18 bits per heavy atom. The fourth-order valence-electron chi connectivity index (χ4n) is 7.10. The molecule has 0 saturated heterocycles. The third kappa shape index (κ3) is 5.53. The first-order valence-electron chi connectivity index (χ1n) is 17.1. The molecule has 0 amide bonds. The monoisotopic (exact) mass is 638 g/mol. The Kier molecular flexibility index (Phi) is 7.53. The Labute approximate surface area is 292 Å². The second-order valence-electron chi connectivity index (χ2n) is 12.7. The number of fused-ring (bicyclic) bond motifs is 3. The van der Waals surface area contributed by atoms with Gasteiger partial charge in [0.05, 0.1) is 5.69 Å². The van der Waals surface area contributed by atoms with Crippen LogP contribution in [0.4, 0.5) is 34.1 Å². The van der Waals surface area contributed by atoms with Crippen LogP contribution < -0.4 is 9.80 Å². The number of hydrogen-bond donors (Lipinski definition) is 0. The van der Waals surface area contributed by atoms with Crippen molar-refractivity contribution in [2.24, 2.45) is 0 Å². The van der Waals surface area contributed by atoms with E-state index in [4.69, 9.17) is 0 Å². The first kappa shape index (κ1) is 29.5. The maximum atomic E-state index is 2.41. The summed E-state index contributed by atoms with van der Waals surface area (Å²) >= 11 is 0. The largest absolute Gasteiger partial charge is 0.310 e. The number of benzene rings is 9. The van der Waals surface area contributed by atoms with E-state index in [2.05, 4.69) is 216 Å². The summed E-state index contributed by atoms with van der Waals surface area (Å²) in [5, 5.41) is 7.31. The maximum absolute atomic E-state index is 2.41. The van der Waals surface area contributed by atoms with Crippen LogP contribution in [0.2, 0.25) is 0 Å². The zero-order chi connectivity index (χ0) is 33.3. The van der Waals surface area contributed by atoms with Crippen molar-refractivity contribution >= 4 is 66.4 Å². The van der Waals surface area contributed by atoms with Crippen molar-refractivity contribution < 1.29 is 0 Å². The molecule has 0 heterocycles. The molecule has 0 spiro atoms. The van der Waals surface area contributed by atoms with Crippen LogP contribution in [0.15, 0.2) is 206 Å². The number of rotatable bonds is 7. The van der Waals surface area contributed by atoms with Gasteiger partial charge in [-0.05, 0) is 111 Å². The molecule has 9 aromatic carbocycles. The van der Waals surface area contributed by atoms with Crippen molar-refractivity contribution in [3.63, 3.8) is 0 Å². The predicted octanol–water partition coefficient (Wildman–Crippen LogP) is 13.8. The highest BCUT2D eigenvalue weighted by atomic mass is 15.2. The van der Waals surface area contributed by atoms with Gasteiger partial charge in [0.25, 0.3) is 0 Å². The molecule has 0 bridgehead atoms. The van der Waals surface area contributed by atoms with E-state index in [0.29, 0.717) is 0 Å². The lowest BCUT2D eigenvalue weighted by Crippen LogP contribution is -2.13. The minimum atomic E-state index is 1.09. The summed E-state index contributed by atoms with van der Waals surface area (Å²) in [6, 6.07) is 74.3. The first-order valence-corrected chi connectivity index (χ1v) is 17.1. The van der Waals surface area contributed by atoms with Crippen LogP contribution >= 0.6 is 0 Å². The molecular weight excluding hydrogens is 605 g/mol. The Bertz CT molecular complexity index is 2590. The summed E-state index contributed by atoms with van der Waals surface area (Å²) in [6.45, 7) is 0. The molecule has 0 atom stereocenters. The number of hydrogen-bond acceptors (Lipinski definition) is 2. The second kappa shape index (κ2) is 12.8. The zero-order valence-electron chi connectivity index (χ0n) is 27.5. The molecule has 0 fully saturated rings. The minimum absolute atomic E-state index is 1.09. The minimum Gasteiger partial charge on any atom is -0.310 e. The highest BCUT2D eigenvalue weighted by molar-refractivity contribution is 6.00. The summed E-state index contributed by atoms with van der Waals surface area (Å²) in [6.07, 6.45) is 0. The number of nitrogens with zero attached hydrogens (tertiary/aromatic N) is 2. The van der Waals surface area contributed by atoms with Gasteiger partial charge in [-0.3, -0.25) is 0 Å². The Morgan fingerprint density at radius 2 is 0.620 bits per heavy atom. The van der Waals surface area contributed by atoms with Gasteiger partial charge in [-0.2, -0.15) is 0 Å². The predicted molar refractivity (Wildman–Crippen MR) is 214 cm³/mol. The molecule has 0 N–H and O–H groups in total. The van der Waals surface area contributed by atoms with Crippen molar-refractivity contribution in [2.45, 2.75) is 0 Å². The van der Waals surface area contributed by atoms with Crippen molar-refractivity contribution in [3.05, 3.63) is 206 Å². The van der Waals surface area contributed by atoms with Gasteiger partial charge < -0.3 is 9.80 Å². The highest BCUT2D eigenvalue weighted by Crippen LogP contribution is 2.45. The van der Waals surface area contributed by atoms with Crippen LogP contribution in [0, 0.1) is 0 Å². The topological polar surface area (TPSA) is 6.48 Å². The molecule has 0 aliphatic heterocycles. The molecule has 2 nitrogen and oxygen atoms in total. The summed E-state index contributed by atoms with van der Waals surface area (Å²) in [4.78, 5) is 4.75. The normalized spacial score (nSPS) is 11.2. The average molecular weight is 639 g/mol. The average Bonchev–Trinajstić information content (AvgIpc) is 3.19. The molecule has 9 rings (SSSR count). The second-order valence-corrected chi connectivity index (χ2v) is 12.7. The van der Waals surface area contributed by atoms with Gasteiger partial charge in [-0.15, -0.1) is 0 Å². The van der Waals surface area contributed by atoms with Crippen molar-refractivity contribution in [2.75, 3.05) is 9.80 Å². The smallest absolute Gasteiger partial charge is 0.0546 e. The van der Waals surface area contributed by atoms with E-state index < -0.39 is 0 Å².